The zero-order valence-corrected chi connectivity index (χ0v) is 19.9. The van der Waals surface area contributed by atoms with Crippen LogP contribution in [0, 0.1) is 0 Å². The number of benzene rings is 3. The van der Waals surface area contributed by atoms with Crippen LogP contribution in [0.5, 0.6) is 5.75 Å². The number of imidazole rings is 1. The largest absolute Gasteiger partial charge is 0.507 e. The van der Waals surface area contributed by atoms with Gasteiger partial charge in [0.2, 0.25) is 0 Å². The van der Waals surface area contributed by atoms with Gasteiger partial charge in [-0.1, -0.05) is 62.4 Å². The number of aromatic hydroxyl groups is 1. The Hall–Kier alpha value is -3.92. The second kappa shape index (κ2) is 9.14. The molecule has 5 aromatic rings. The third-order valence-electron chi connectivity index (χ3n) is 6.40. The molecule has 0 bridgehead atoms. The summed E-state index contributed by atoms with van der Waals surface area (Å²) in [4.78, 5) is 9.52. The van der Waals surface area contributed by atoms with Gasteiger partial charge in [-0.05, 0) is 59.5 Å². The first kappa shape index (κ1) is 21.9. The molecule has 5 rings (SSSR count). The summed E-state index contributed by atoms with van der Waals surface area (Å²) in [5.74, 6) is 1.53. The van der Waals surface area contributed by atoms with E-state index in [0.29, 0.717) is 5.92 Å². The molecule has 2 aromatic heterocycles. The molecule has 34 heavy (non-hydrogen) atoms. The molecule has 0 radical (unpaired) electrons. The highest BCUT2D eigenvalue weighted by Crippen LogP contribution is 2.30. The number of hydrogen-bond acceptors (Lipinski definition) is 3. The highest BCUT2D eigenvalue weighted by Gasteiger charge is 2.12. The van der Waals surface area contributed by atoms with Crippen molar-refractivity contribution in [1.29, 1.82) is 0 Å². The SMILES string of the molecule is CC(C)c1ccc2c(-c3cccc(CCc4cn(C)c(-c5ccccc5O)n4)c3)nccc2c1. The molecule has 0 amide bonds. The van der Waals surface area contributed by atoms with Crippen LogP contribution in [-0.2, 0) is 19.9 Å². The second-order valence-electron chi connectivity index (χ2n) is 9.18. The Bertz CT molecular complexity index is 1470. The molecule has 0 aliphatic heterocycles. The lowest BCUT2D eigenvalue weighted by Crippen LogP contribution is -1.94. The van der Waals surface area contributed by atoms with Crippen LogP contribution in [-0.4, -0.2) is 19.6 Å². The maximum Gasteiger partial charge on any atom is 0.143 e. The van der Waals surface area contributed by atoms with Crippen LogP contribution < -0.4 is 0 Å². The minimum Gasteiger partial charge on any atom is -0.507 e. The van der Waals surface area contributed by atoms with Gasteiger partial charge >= 0.3 is 0 Å². The van der Waals surface area contributed by atoms with Crippen molar-refractivity contribution in [3.05, 3.63) is 102 Å². The molecule has 3 aromatic carbocycles. The highest BCUT2D eigenvalue weighted by molar-refractivity contribution is 5.94. The monoisotopic (exact) mass is 447 g/mol. The van der Waals surface area contributed by atoms with Crippen LogP contribution in [0.25, 0.3) is 33.4 Å². The van der Waals surface area contributed by atoms with E-state index in [1.54, 1.807) is 6.07 Å². The molecule has 2 heterocycles. The molecule has 1 N–H and O–H groups in total. The van der Waals surface area contributed by atoms with E-state index in [4.69, 9.17) is 9.97 Å². The van der Waals surface area contributed by atoms with Gasteiger partial charge in [0, 0.05) is 30.4 Å². The number of pyridine rings is 1. The molecular weight excluding hydrogens is 418 g/mol. The molecule has 4 heteroatoms. The summed E-state index contributed by atoms with van der Waals surface area (Å²) >= 11 is 0. The van der Waals surface area contributed by atoms with Crippen LogP contribution in [0.2, 0.25) is 0 Å². The number of hydrogen-bond donors (Lipinski definition) is 1. The van der Waals surface area contributed by atoms with Crippen molar-refractivity contribution in [2.75, 3.05) is 0 Å². The number of para-hydroxylation sites is 1. The van der Waals surface area contributed by atoms with Crippen LogP contribution in [0.1, 0.15) is 36.6 Å². The Morgan fingerprint density at radius 1 is 0.912 bits per heavy atom. The van der Waals surface area contributed by atoms with Crippen molar-refractivity contribution in [1.82, 2.24) is 14.5 Å². The van der Waals surface area contributed by atoms with Gasteiger partial charge in [0.1, 0.15) is 11.6 Å². The average molecular weight is 448 g/mol. The minimum absolute atomic E-state index is 0.249. The Kier molecular flexibility index (Phi) is 5.89. The molecule has 4 nitrogen and oxygen atoms in total. The Balaban J connectivity index is 1.39. The van der Waals surface area contributed by atoms with Gasteiger partial charge in [-0.3, -0.25) is 4.98 Å². The number of aryl methyl sites for hydroxylation is 3. The standard InChI is InChI=1S/C30H29N3O/c1-20(2)22-12-14-26-23(18-22)15-16-31-29(26)24-8-6-7-21(17-24)11-13-25-19-33(3)30(32-25)27-9-4-5-10-28(27)34/h4-10,12,14-20,34H,11,13H2,1-3H3. The summed E-state index contributed by atoms with van der Waals surface area (Å²) in [5, 5.41) is 12.6. The molecule has 0 aliphatic rings. The normalized spacial score (nSPS) is 11.4. The predicted molar refractivity (Wildman–Crippen MR) is 139 cm³/mol. The van der Waals surface area contributed by atoms with E-state index >= 15 is 0 Å². The van der Waals surface area contributed by atoms with Crippen molar-refractivity contribution in [2.45, 2.75) is 32.6 Å². The summed E-state index contributed by atoms with van der Waals surface area (Å²) in [6.07, 6.45) is 5.66. The first-order valence-electron chi connectivity index (χ1n) is 11.8. The van der Waals surface area contributed by atoms with Crippen LogP contribution in [0.4, 0.5) is 0 Å². The number of phenols is 1. The summed E-state index contributed by atoms with van der Waals surface area (Å²) in [6.45, 7) is 4.44. The van der Waals surface area contributed by atoms with Gasteiger partial charge in [-0.25, -0.2) is 4.98 Å². The van der Waals surface area contributed by atoms with E-state index in [9.17, 15) is 5.11 Å². The molecule has 0 saturated heterocycles. The van der Waals surface area contributed by atoms with E-state index in [0.717, 1.165) is 41.2 Å². The average Bonchev–Trinajstić information content (AvgIpc) is 3.22. The van der Waals surface area contributed by atoms with E-state index in [1.807, 2.05) is 42.2 Å². The van der Waals surface area contributed by atoms with Crippen LogP contribution in [0.15, 0.2) is 85.2 Å². The molecule has 0 saturated carbocycles. The van der Waals surface area contributed by atoms with Crippen LogP contribution in [0.3, 0.4) is 0 Å². The minimum atomic E-state index is 0.249. The lowest BCUT2D eigenvalue weighted by molar-refractivity contribution is 0.476. The zero-order chi connectivity index (χ0) is 23.7. The summed E-state index contributed by atoms with van der Waals surface area (Å²) in [5.41, 5.74) is 6.52. The maximum atomic E-state index is 10.2. The molecule has 0 atom stereocenters. The molecule has 0 aliphatic carbocycles. The fourth-order valence-electron chi connectivity index (χ4n) is 4.49. The van der Waals surface area contributed by atoms with E-state index in [-0.39, 0.29) is 5.75 Å². The first-order valence-corrected chi connectivity index (χ1v) is 11.8. The smallest absolute Gasteiger partial charge is 0.143 e. The number of rotatable bonds is 6. The Labute approximate surface area is 200 Å². The second-order valence-corrected chi connectivity index (χ2v) is 9.18. The summed E-state index contributed by atoms with van der Waals surface area (Å²) in [7, 11) is 1.97. The lowest BCUT2D eigenvalue weighted by Gasteiger charge is -2.11. The molecule has 170 valence electrons. The summed E-state index contributed by atoms with van der Waals surface area (Å²) < 4.78 is 1.98. The van der Waals surface area contributed by atoms with E-state index in [1.165, 1.54) is 21.9 Å². The molecule has 0 spiro atoms. The molecule has 0 fully saturated rings. The number of nitrogens with zero attached hydrogens (tertiary/aromatic N) is 3. The van der Waals surface area contributed by atoms with Gasteiger partial charge < -0.3 is 9.67 Å². The van der Waals surface area contributed by atoms with Gasteiger partial charge in [-0.2, -0.15) is 0 Å². The summed E-state index contributed by atoms with van der Waals surface area (Å²) in [6, 6.07) is 24.8. The van der Waals surface area contributed by atoms with E-state index in [2.05, 4.69) is 62.4 Å². The van der Waals surface area contributed by atoms with Gasteiger partial charge in [-0.15, -0.1) is 0 Å². The van der Waals surface area contributed by atoms with Crippen molar-refractivity contribution in [2.24, 2.45) is 7.05 Å². The van der Waals surface area contributed by atoms with Crippen molar-refractivity contribution >= 4 is 10.8 Å². The number of fused-ring (bicyclic) bond motifs is 1. The topological polar surface area (TPSA) is 50.9 Å². The third kappa shape index (κ3) is 4.32. The highest BCUT2D eigenvalue weighted by atomic mass is 16.3. The van der Waals surface area contributed by atoms with E-state index < -0.39 is 0 Å². The van der Waals surface area contributed by atoms with Gasteiger partial charge in [0.05, 0.1) is 17.0 Å². The molecular formula is C30H29N3O. The van der Waals surface area contributed by atoms with Gasteiger partial charge in [0.25, 0.3) is 0 Å². The number of aromatic nitrogens is 3. The number of phenolic OH excluding ortho intramolecular Hbond substituents is 1. The van der Waals surface area contributed by atoms with Crippen LogP contribution >= 0.6 is 0 Å². The third-order valence-corrected chi connectivity index (χ3v) is 6.40. The quantitative estimate of drug-likeness (QED) is 0.307. The Morgan fingerprint density at radius 3 is 2.59 bits per heavy atom. The predicted octanol–water partition coefficient (Wildman–Crippen LogP) is 6.92. The fourth-order valence-corrected chi connectivity index (χ4v) is 4.49. The zero-order valence-electron chi connectivity index (χ0n) is 19.9. The van der Waals surface area contributed by atoms with Crippen molar-refractivity contribution < 1.29 is 5.11 Å². The first-order chi connectivity index (χ1) is 16.5. The Morgan fingerprint density at radius 2 is 1.76 bits per heavy atom. The van der Waals surface area contributed by atoms with Crippen molar-refractivity contribution in [3.8, 4) is 28.4 Å². The lowest BCUT2D eigenvalue weighted by atomic mass is 9.96. The fraction of sp³-hybridized carbons (Fsp3) is 0.200. The van der Waals surface area contributed by atoms with Gasteiger partial charge in [0.15, 0.2) is 0 Å². The van der Waals surface area contributed by atoms with Crippen molar-refractivity contribution in [3.63, 3.8) is 0 Å². The molecule has 0 unspecified atom stereocenters. The maximum absolute atomic E-state index is 10.2.